The van der Waals surface area contributed by atoms with Crippen molar-refractivity contribution in [2.45, 2.75) is 53.1 Å². The second-order valence-electron chi connectivity index (χ2n) is 6.76. The molecule has 0 aliphatic heterocycles. The van der Waals surface area contributed by atoms with Crippen molar-refractivity contribution in [3.05, 3.63) is 45.7 Å². The van der Waals surface area contributed by atoms with Gasteiger partial charge in [-0.05, 0) is 38.8 Å². The molecule has 2 heterocycles. The molecule has 2 aromatic heterocycles. The first-order valence-electron chi connectivity index (χ1n) is 8.59. The van der Waals surface area contributed by atoms with Gasteiger partial charge in [0.05, 0.1) is 22.6 Å². The molecule has 1 amide bonds. The standard InChI is InChI=1S/C19H24N4OS/c1-11(2)18-17(21-13(5)25-18)19(24)20-10-16-22-14-8-6-7-9-15(14)23(16)12(3)4/h6-9,11-12H,10H2,1-5H3,(H,20,24). The van der Waals surface area contributed by atoms with Gasteiger partial charge in [0.1, 0.15) is 11.5 Å². The zero-order valence-corrected chi connectivity index (χ0v) is 16.1. The van der Waals surface area contributed by atoms with Gasteiger partial charge in [0.2, 0.25) is 0 Å². The van der Waals surface area contributed by atoms with E-state index in [1.54, 1.807) is 11.3 Å². The number of hydrogen-bond acceptors (Lipinski definition) is 4. The minimum Gasteiger partial charge on any atom is -0.343 e. The smallest absolute Gasteiger partial charge is 0.271 e. The Morgan fingerprint density at radius 1 is 1.20 bits per heavy atom. The summed E-state index contributed by atoms with van der Waals surface area (Å²) < 4.78 is 2.17. The van der Waals surface area contributed by atoms with Gasteiger partial charge < -0.3 is 9.88 Å². The summed E-state index contributed by atoms with van der Waals surface area (Å²) >= 11 is 1.59. The van der Waals surface area contributed by atoms with Crippen molar-refractivity contribution in [3.8, 4) is 0 Å². The number of para-hydroxylation sites is 2. The number of amides is 1. The van der Waals surface area contributed by atoms with Gasteiger partial charge in [-0.3, -0.25) is 4.79 Å². The largest absolute Gasteiger partial charge is 0.343 e. The van der Waals surface area contributed by atoms with E-state index in [4.69, 9.17) is 4.98 Å². The van der Waals surface area contributed by atoms with Crippen LogP contribution in [0.15, 0.2) is 24.3 Å². The molecule has 0 aliphatic rings. The van der Waals surface area contributed by atoms with Crippen molar-refractivity contribution >= 4 is 28.3 Å². The molecule has 0 bridgehead atoms. The molecule has 132 valence electrons. The van der Waals surface area contributed by atoms with Gasteiger partial charge in [0, 0.05) is 10.9 Å². The maximum absolute atomic E-state index is 12.6. The van der Waals surface area contributed by atoms with E-state index >= 15 is 0 Å². The highest BCUT2D eigenvalue weighted by molar-refractivity contribution is 7.12. The summed E-state index contributed by atoms with van der Waals surface area (Å²) in [5, 5.41) is 3.92. The molecule has 0 spiro atoms. The van der Waals surface area contributed by atoms with Gasteiger partial charge in [0.25, 0.3) is 5.91 Å². The third-order valence-electron chi connectivity index (χ3n) is 4.09. The number of aryl methyl sites for hydroxylation is 1. The van der Waals surface area contributed by atoms with Gasteiger partial charge in [-0.15, -0.1) is 11.3 Å². The average molecular weight is 356 g/mol. The number of carbonyl (C=O) groups is 1. The van der Waals surface area contributed by atoms with Crippen LogP contribution in [0.25, 0.3) is 11.0 Å². The molecular formula is C19H24N4OS. The summed E-state index contributed by atoms with van der Waals surface area (Å²) in [7, 11) is 0. The number of nitrogens with one attached hydrogen (secondary N) is 1. The van der Waals surface area contributed by atoms with E-state index in [-0.39, 0.29) is 17.9 Å². The number of carbonyl (C=O) groups excluding carboxylic acids is 1. The van der Waals surface area contributed by atoms with Crippen molar-refractivity contribution in [2.24, 2.45) is 0 Å². The fourth-order valence-electron chi connectivity index (χ4n) is 3.04. The van der Waals surface area contributed by atoms with E-state index in [0.717, 1.165) is 26.7 Å². The molecule has 1 N–H and O–H groups in total. The first-order chi connectivity index (χ1) is 11.9. The Balaban J connectivity index is 1.86. The highest BCUT2D eigenvalue weighted by Gasteiger charge is 2.20. The van der Waals surface area contributed by atoms with Crippen LogP contribution in [0.1, 0.15) is 65.9 Å². The Bertz CT molecular complexity index is 907. The number of rotatable bonds is 5. The summed E-state index contributed by atoms with van der Waals surface area (Å²) in [5.41, 5.74) is 2.59. The van der Waals surface area contributed by atoms with Gasteiger partial charge in [-0.25, -0.2) is 9.97 Å². The molecule has 6 heteroatoms. The lowest BCUT2D eigenvalue weighted by molar-refractivity contribution is 0.0943. The maximum Gasteiger partial charge on any atom is 0.271 e. The van der Waals surface area contributed by atoms with Crippen LogP contribution in [-0.4, -0.2) is 20.4 Å². The topological polar surface area (TPSA) is 59.8 Å². The maximum atomic E-state index is 12.6. The first-order valence-corrected chi connectivity index (χ1v) is 9.41. The monoisotopic (exact) mass is 356 g/mol. The Kier molecular flexibility index (Phi) is 4.90. The molecule has 0 atom stereocenters. The van der Waals surface area contributed by atoms with Gasteiger partial charge in [-0.1, -0.05) is 26.0 Å². The number of hydrogen-bond donors (Lipinski definition) is 1. The minimum absolute atomic E-state index is 0.129. The molecule has 0 fully saturated rings. The van der Waals surface area contributed by atoms with Gasteiger partial charge in [0.15, 0.2) is 0 Å². The van der Waals surface area contributed by atoms with Gasteiger partial charge >= 0.3 is 0 Å². The normalized spacial score (nSPS) is 11.6. The Morgan fingerprint density at radius 3 is 2.60 bits per heavy atom. The van der Waals surface area contributed by atoms with Crippen molar-refractivity contribution in [1.29, 1.82) is 0 Å². The van der Waals surface area contributed by atoms with E-state index in [0.29, 0.717) is 12.2 Å². The van der Waals surface area contributed by atoms with Crippen LogP contribution in [0, 0.1) is 6.92 Å². The molecule has 0 unspecified atom stereocenters. The minimum atomic E-state index is -0.129. The van der Waals surface area contributed by atoms with Crippen LogP contribution in [-0.2, 0) is 6.54 Å². The average Bonchev–Trinajstić information content (AvgIpc) is 3.12. The third kappa shape index (κ3) is 3.44. The zero-order valence-electron chi connectivity index (χ0n) is 15.3. The highest BCUT2D eigenvalue weighted by Crippen LogP contribution is 2.26. The fraction of sp³-hybridized carbons (Fsp3) is 0.421. The van der Waals surface area contributed by atoms with Crippen LogP contribution in [0.5, 0.6) is 0 Å². The number of aromatic nitrogens is 3. The quantitative estimate of drug-likeness (QED) is 0.735. The molecule has 5 nitrogen and oxygen atoms in total. The number of imidazole rings is 1. The Morgan fingerprint density at radius 2 is 1.92 bits per heavy atom. The molecule has 0 aliphatic carbocycles. The SMILES string of the molecule is Cc1nc(C(=O)NCc2nc3ccccc3n2C(C)C)c(C(C)C)s1. The van der Waals surface area contributed by atoms with E-state index < -0.39 is 0 Å². The third-order valence-corrected chi connectivity index (χ3v) is 5.36. The van der Waals surface area contributed by atoms with Crippen LogP contribution < -0.4 is 5.32 Å². The van der Waals surface area contributed by atoms with E-state index in [9.17, 15) is 4.79 Å². The van der Waals surface area contributed by atoms with Crippen LogP contribution in [0.4, 0.5) is 0 Å². The summed E-state index contributed by atoms with van der Waals surface area (Å²) in [5.74, 6) is 1.02. The molecule has 0 saturated heterocycles. The molecule has 3 rings (SSSR count). The second kappa shape index (κ2) is 6.96. The molecule has 25 heavy (non-hydrogen) atoms. The van der Waals surface area contributed by atoms with Crippen LogP contribution in [0.3, 0.4) is 0 Å². The summed E-state index contributed by atoms with van der Waals surface area (Å²) in [6.45, 7) is 10.7. The molecule has 1 aromatic carbocycles. The Hall–Kier alpha value is -2.21. The number of fused-ring (bicyclic) bond motifs is 1. The molecular weight excluding hydrogens is 332 g/mol. The van der Waals surface area contributed by atoms with E-state index in [1.165, 1.54) is 0 Å². The molecule has 3 aromatic rings. The van der Waals surface area contributed by atoms with Crippen LogP contribution >= 0.6 is 11.3 Å². The summed E-state index contributed by atoms with van der Waals surface area (Å²) in [6, 6.07) is 8.33. The summed E-state index contributed by atoms with van der Waals surface area (Å²) in [4.78, 5) is 22.8. The number of thiazole rings is 1. The van der Waals surface area contributed by atoms with Crippen LogP contribution in [0.2, 0.25) is 0 Å². The number of benzene rings is 1. The predicted molar refractivity (Wildman–Crippen MR) is 102 cm³/mol. The predicted octanol–water partition coefficient (Wildman–Crippen LogP) is 4.44. The fourth-order valence-corrected chi connectivity index (χ4v) is 3.96. The highest BCUT2D eigenvalue weighted by atomic mass is 32.1. The zero-order chi connectivity index (χ0) is 18.1. The van der Waals surface area contributed by atoms with Crippen molar-refractivity contribution in [1.82, 2.24) is 19.9 Å². The Labute approximate surface area is 152 Å². The lowest BCUT2D eigenvalue weighted by Gasteiger charge is -2.13. The van der Waals surface area contributed by atoms with E-state index in [1.807, 2.05) is 25.1 Å². The first kappa shape index (κ1) is 17.6. The van der Waals surface area contributed by atoms with Gasteiger partial charge in [-0.2, -0.15) is 0 Å². The van der Waals surface area contributed by atoms with Crippen molar-refractivity contribution in [2.75, 3.05) is 0 Å². The van der Waals surface area contributed by atoms with E-state index in [2.05, 4.69) is 48.6 Å². The molecule has 0 saturated carbocycles. The summed E-state index contributed by atoms with van der Waals surface area (Å²) in [6.07, 6.45) is 0. The molecule has 0 radical (unpaired) electrons. The number of nitrogens with zero attached hydrogens (tertiary/aromatic N) is 3. The second-order valence-corrected chi connectivity index (χ2v) is 8.00. The van der Waals surface area contributed by atoms with Crippen molar-refractivity contribution in [3.63, 3.8) is 0 Å². The van der Waals surface area contributed by atoms with Crippen molar-refractivity contribution < 1.29 is 4.79 Å². The lowest BCUT2D eigenvalue weighted by Crippen LogP contribution is -2.26. The lowest BCUT2D eigenvalue weighted by atomic mass is 10.1.